The molecule has 1 saturated heterocycles. The van der Waals surface area contributed by atoms with Crippen LogP contribution in [0, 0.1) is 5.92 Å². The minimum atomic E-state index is -0.391. The molecule has 2 aromatic rings. The minimum absolute atomic E-state index is 0.0156. The lowest BCUT2D eigenvalue weighted by Gasteiger charge is -2.43. The first-order chi connectivity index (χ1) is 14.1. The molecular weight excluding hydrogens is 384 g/mol. The van der Waals surface area contributed by atoms with Gasteiger partial charge in [0, 0.05) is 23.4 Å². The number of hydrogen-bond donors (Lipinski definition) is 1. The van der Waals surface area contributed by atoms with Crippen LogP contribution in [0.2, 0.25) is 0 Å². The molecular formula is C23H28N2O3S. The summed E-state index contributed by atoms with van der Waals surface area (Å²) in [5.41, 5.74) is 7.97. The Bertz CT molecular complexity index is 874. The zero-order valence-corrected chi connectivity index (χ0v) is 17.6. The van der Waals surface area contributed by atoms with Gasteiger partial charge < -0.3 is 15.4 Å². The van der Waals surface area contributed by atoms with Gasteiger partial charge >= 0.3 is 5.97 Å². The maximum Gasteiger partial charge on any atom is 0.350 e. The van der Waals surface area contributed by atoms with Crippen molar-refractivity contribution in [2.75, 3.05) is 12.0 Å². The van der Waals surface area contributed by atoms with Crippen molar-refractivity contribution in [1.82, 2.24) is 0 Å². The third-order valence-electron chi connectivity index (χ3n) is 6.18. The van der Waals surface area contributed by atoms with Crippen LogP contribution in [-0.4, -0.2) is 31.1 Å². The fraction of sp³-hybridized carbons (Fsp3) is 0.478. The number of piperidine rings is 1. The molecule has 5 nitrogen and oxygen atoms in total. The molecule has 0 spiro atoms. The molecule has 1 aromatic carbocycles. The number of nitrogens with two attached hydrogens (primary N) is 1. The molecule has 6 heteroatoms. The monoisotopic (exact) mass is 412 g/mol. The molecule has 1 saturated carbocycles. The predicted octanol–water partition coefficient (Wildman–Crippen LogP) is 4.60. The number of nitrogens with zero attached hydrogens (tertiary/aromatic N) is 1. The van der Waals surface area contributed by atoms with Crippen LogP contribution in [0.4, 0.5) is 5.69 Å². The number of ether oxygens (including phenoxy) is 1. The number of esters is 1. The van der Waals surface area contributed by atoms with E-state index >= 15 is 0 Å². The zero-order valence-electron chi connectivity index (χ0n) is 16.8. The fourth-order valence-electron chi connectivity index (χ4n) is 4.79. The van der Waals surface area contributed by atoms with Crippen LogP contribution in [0.5, 0.6) is 0 Å². The molecule has 0 radical (unpaired) electrons. The summed E-state index contributed by atoms with van der Waals surface area (Å²) in [5, 5.41) is 0. The lowest BCUT2D eigenvalue weighted by molar-refractivity contribution is -0.121. The van der Waals surface area contributed by atoms with Crippen LogP contribution in [0.15, 0.2) is 36.4 Å². The molecule has 2 fully saturated rings. The van der Waals surface area contributed by atoms with Crippen molar-refractivity contribution in [2.24, 2.45) is 11.7 Å². The van der Waals surface area contributed by atoms with Gasteiger partial charge in [-0.1, -0.05) is 49.6 Å². The van der Waals surface area contributed by atoms with E-state index in [2.05, 4.69) is 0 Å². The van der Waals surface area contributed by atoms with Gasteiger partial charge in [-0.15, -0.1) is 11.3 Å². The van der Waals surface area contributed by atoms with E-state index in [0.717, 1.165) is 29.7 Å². The van der Waals surface area contributed by atoms with Gasteiger partial charge in [0.15, 0.2) is 0 Å². The number of amides is 1. The summed E-state index contributed by atoms with van der Waals surface area (Å²) in [6, 6.07) is 11.9. The third-order valence-corrected chi connectivity index (χ3v) is 7.33. The predicted molar refractivity (Wildman–Crippen MR) is 116 cm³/mol. The van der Waals surface area contributed by atoms with Gasteiger partial charge in [0.25, 0.3) is 0 Å². The summed E-state index contributed by atoms with van der Waals surface area (Å²) in [4.78, 5) is 29.1. The number of carbonyl (C=O) groups is 2. The molecule has 1 amide bonds. The molecule has 1 aliphatic heterocycles. The third kappa shape index (κ3) is 4.09. The molecule has 154 valence electrons. The van der Waals surface area contributed by atoms with E-state index in [4.69, 9.17) is 10.5 Å². The maximum atomic E-state index is 13.2. The number of anilines is 1. The van der Waals surface area contributed by atoms with Gasteiger partial charge in [-0.3, -0.25) is 4.79 Å². The first-order valence-electron chi connectivity index (χ1n) is 10.4. The average molecular weight is 413 g/mol. The average Bonchev–Trinajstić information content (AvgIpc) is 3.19. The summed E-state index contributed by atoms with van der Waals surface area (Å²) in [5.74, 6) is 0.0590. The first kappa shape index (κ1) is 20.1. The summed E-state index contributed by atoms with van der Waals surface area (Å²) in [6.07, 6.45) is 6.98. The highest BCUT2D eigenvalue weighted by molar-refractivity contribution is 7.18. The Kier molecular flexibility index (Phi) is 6.01. The van der Waals surface area contributed by atoms with Crippen molar-refractivity contribution in [1.29, 1.82) is 0 Å². The van der Waals surface area contributed by atoms with Gasteiger partial charge in [-0.2, -0.15) is 0 Å². The lowest BCUT2D eigenvalue weighted by atomic mass is 9.78. The van der Waals surface area contributed by atoms with Crippen LogP contribution >= 0.6 is 11.3 Å². The van der Waals surface area contributed by atoms with Crippen molar-refractivity contribution in [3.63, 3.8) is 0 Å². The lowest BCUT2D eigenvalue weighted by Crippen LogP contribution is -2.54. The molecule has 1 aromatic heterocycles. The molecule has 0 bridgehead atoms. The Hall–Kier alpha value is -2.18. The number of hydrogen-bond acceptors (Lipinski definition) is 5. The van der Waals surface area contributed by atoms with Crippen LogP contribution in [0.25, 0.3) is 10.4 Å². The van der Waals surface area contributed by atoms with Gasteiger partial charge in [-0.05, 0) is 36.8 Å². The smallest absolute Gasteiger partial charge is 0.350 e. The van der Waals surface area contributed by atoms with E-state index in [1.165, 1.54) is 37.7 Å². The standard InChI is InChI=1S/C23H28N2O3S/c1-28-23(27)22-19(14-20(29-22)16-10-6-3-7-11-16)25-18(12-17(24)13-21(25)26)15-8-4-2-5-9-15/h3,6-7,10-11,14-15,17-18H,2,4-5,8-9,12-13,24H2,1H3. The highest BCUT2D eigenvalue weighted by atomic mass is 32.1. The van der Waals surface area contributed by atoms with Gasteiger partial charge in [-0.25, -0.2) is 4.79 Å². The number of benzene rings is 1. The van der Waals surface area contributed by atoms with Crippen LogP contribution in [-0.2, 0) is 9.53 Å². The minimum Gasteiger partial charge on any atom is -0.465 e. The molecule has 29 heavy (non-hydrogen) atoms. The molecule has 1 aliphatic carbocycles. The second-order valence-corrected chi connectivity index (χ2v) is 9.16. The van der Waals surface area contributed by atoms with Crippen LogP contribution in [0.1, 0.15) is 54.6 Å². The fourth-order valence-corrected chi connectivity index (χ4v) is 5.86. The summed E-state index contributed by atoms with van der Waals surface area (Å²) in [6.45, 7) is 0. The molecule has 2 N–H and O–H groups in total. The molecule has 2 unspecified atom stereocenters. The van der Waals surface area contributed by atoms with E-state index < -0.39 is 5.97 Å². The van der Waals surface area contributed by atoms with Crippen molar-refractivity contribution in [3.8, 4) is 10.4 Å². The summed E-state index contributed by atoms with van der Waals surface area (Å²) in [7, 11) is 1.39. The van der Waals surface area contributed by atoms with Gasteiger partial charge in [0.05, 0.1) is 12.8 Å². The van der Waals surface area contributed by atoms with Gasteiger partial charge in [0.2, 0.25) is 5.91 Å². The topological polar surface area (TPSA) is 72.6 Å². The Morgan fingerprint density at radius 2 is 1.90 bits per heavy atom. The Labute approximate surface area is 175 Å². The summed E-state index contributed by atoms with van der Waals surface area (Å²) >= 11 is 1.39. The van der Waals surface area contributed by atoms with Crippen molar-refractivity contribution in [2.45, 2.75) is 57.0 Å². The SMILES string of the molecule is COC(=O)c1sc(-c2ccccc2)cc1N1C(=O)CC(N)CC1C1CCCCC1. The Morgan fingerprint density at radius 3 is 2.59 bits per heavy atom. The van der Waals surface area contributed by atoms with Crippen LogP contribution in [0.3, 0.4) is 0 Å². The van der Waals surface area contributed by atoms with E-state index in [0.29, 0.717) is 22.9 Å². The van der Waals surface area contributed by atoms with Crippen molar-refractivity contribution < 1.29 is 14.3 Å². The molecule has 2 atom stereocenters. The highest BCUT2D eigenvalue weighted by Gasteiger charge is 2.40. The van der Waals surface area contributed by atoms with Gasteiger partial charge in [0.1, 0.15) is 4.88 Å². The highest BCUT2D eigenvalue weighted by Crippen LogP contribution is 2.42. The van der Waals surface area contributed by atoms with Crippen LogP contribution < -0.4 is 10.6 Å². The van der Waals surface area contributed by atoms with E-state index in [1.807, 2.05) is 41.3 Å². The number of carbonyl (C=O) groups excluding carboxylic acids is 2. The Balaban J connectivity index is 1.78. The summed E-state index contributed by atoms with van der Waals surface area (Å²) < 4.78 is 5.06. The van der Waals surface area contributed by atoms with Crippen molar-refractivity contribution >= 4 is 28.9 Å². The van der Waals surface area contributed by atoms with E-state index in [9.17, 15) is 9.59 Å². The van der Waals surface area contributed by atoms with E-state index in [-0.39, 0.29) is 18.0 Å². The number of methoxy groups -OCH3 is 1. The quantitative estimate of drug-likeness (QED) is 0.745. The number of thiophene rings is 1. The Morgan fingerprint density at radius 1 is 1.17 bits per heavy atom. The number of rotatable bonds is 4. The largest absolute Gasteiger partial charge is 0.465 e. The molecule has 2 heterocycles. The first-order valence-corrected chi connectivity index (χ1v) is 11.3. The molecule has 4 rings (SSSR count). The second kappa shape index (κ2) is 8.67. The maximum absolute atomic E-state index is 13.2. The molecule has 2 aliphatic rings. The van der Waals surface area contributed by atoms with E-state index in [1.54, 1.807) is 0 Å². The normalized spacial score (nSPS) is 23.2. The van der Waals surface area contributed by atoms with Crippen molar-refractivity contribution in [3.05, 3.63) is 41.3 Å². The zero-order chi connectivity index (χ0) is 20.4. The second-order valence-electron chi connectivity index (χ2n) is 8.11.